The van der Waals surface area contributed by atoms with Crippen molar-refractivity contribution in [2.75, 3.05) is 33.9 Å². The highest BCUT2D eigenvalue weighted by Gasteiger charge is 2.25. The standard InChI is InChI=1S/C28H27ClN8O.C3H8/c29-24-16-32-28-34-22-11-18(14-31-15-22)1-2-20-13-21(33-27(24)36-28)3-4-25(20)35-26(38)12-19-7-10-37(17-19)23-5-8-30-9-6-23;1-3-2/h3-6,8-9,11,13-16,19H,1-2,7,10,12,17H2,(H,35,38)(H2,32,33,34,36);3H2,1-2H3. The molecule has 1 amide bonds. The Hall–Kier alpha value is -4.24. The van der Waals surface area contributed by atoms with Crippen molar-refractivity contribution in [1.82, 2.24) is 19.9 Å². The van der Waals surface area contributed by atoms with Crippen LogP contribution in [0.4, 0.5) is 34.5 Å². The molecule has 6 bridgehead atoms. The Morgan fingerprint density at radius 2 is 1.85 bits per heavy atom. The van der Waals surface area contributed by atoms with Gasteiger partial charge >= 0.3 is 0 Å². The summed E-state index contributed by atoms with van der Waals surface area (Å²) in [4.78, 5) is 32.7. The summed E-state index contributed by atoms with van der Waals surface area (Å²) in [7, 11) is 0. The number of carbonyl (C=O) groups excluding carboxylic acids is 1. The number of carbonyl (C=O) groups is 1. The molecule has 0 saturated carbocycles. The number of aryl methyl sites for hydroxylation is 2. The first-order chi connectivity index (χ1) is 20.0. The zero-order valence-electron chi connectivity index (χ0n) is 23.4. The quantitative estimate of drug-likeness (QED) is 0.246. The second-order valence-electron chi connectivity index (χ2n) is 10.4. The first-order valence-corrected chi connectivity index (χ1v) is 14.5. The van der Waals surface area contributed by atoms with Gasteiger partial charge in [-0.2, -0.15) is 4.98 Å². The zero-order chi connectivity index (χ0) is 28.6. The van der Waals surface area contributed by atoms with Crippen LogP contribution in [0.15, 0.2) is 67.4 Å². The molecule has 1 aromatic carbocycles. The van der Waals surface area contributed by atoms with Gasteiger partial charge in [-0.1, -0.05) is 31.9 Å². The van der Waals surface area contributed by atoms with Crippen LogP contribution in [0, 0.1) is 5.92 Å². The molecule has 41 heavy (non-hydrogen) atoms. The topological polar surface area (TPSA) is 108 Å². The molecule has 0 spiro atoms. The van der Waals surface area contributed by atoms with Crippen molar-refractivity contribution >= 4 is 52.0 Å². The largest absolute Gasteiger partial charge is 0.371 e. The average Bonchev–Trinajstić information content (AvgIpc) is 3.44. The predicted octanol–water partition coefficient (Wildman–Crippen LogP) is 6.78. The first-order valence-electron chi connectivity index (χ1n) is 14.1. The summed E-state index contributed by atoms with van der Waals surface area (Å²) in [5.41, 5.74) is 5.69. The van der Waals surface area contributed by atoms with Gasteiger partial charge in [0.1, 0.15) is 5.02 Å². The van der Waals surface area contributed by atoms with Crippen LogP contribution in [0.2, 0.25) is 5.02 Å². The van der Waals surface area contributed by atoms with Gasteiger partial charge in [-0.3, -0.25) is 14.8 Å². The molecule has 2 aliphatic rings. The van der Waals surface area contributed by atoms with Crippen LogP contribution in [0.5, 0.6) is 0 Å². The number of benzene rings is 1. The fraction of sp³-hybridized carbons (Fsp3) is 0.323. The minimum absolute atomic E-state index is 0.0304. The molecule has 0 aliphatic carbocycles. The molecule has 212 valence electrons. The number of hydrogen-bond acceptors (Lipinski definition) is 8. The van der Waals surface area contributed by atoms with Crippen molar-refractivity contribution in [1.29, 1.82) is 0 Å². The molecule has 6 rings (SSSR count). The van der Waals surface area contributed by atoms with Crippen LogP contribution in [0.1, 0.15) is 44.2 Å². The number of rotatable bonds is 4. The molecule has 5 heterocycles. The highest BCUT2D eigenvalue weighted by molar-refractivity contribution is 6.32. The van der Waals surface area contributed by atoms with E-state index in [-0.39, 0.29) is 5.91 Å². The second kappa shape index (κ2) is 13.4. The molecule has 3 aromatic heterocycles. The predicted molar refractivity (Wildman–Crippen MR) is 165 cm³/mol. The lowest BCUT2D eigenvalue weighted by molar-refractivity contribution is -0.116. The molecule has 2 aliphatic heterocycles. The fourth-order valence-electron chi connectivity index (χ4n) is 5.00. The van der Waals surface area contributed by atoms with Crippen molar-refractivity contribution in [3.05, 3.63) is 83.5 Å². The van der Waals surface area contributed by atoms with E-state index in [0.29, 0.717) is 29.1 Å². The monoisotopic (exact) mass is 570 g/mol. The average molecular weight is 571 g/mol. The van der Waals surface area contributed by atoms with Crippen molar-refractivity contribution in [3.63, 3.8) is 0 Å². The third kappa shape index (κ3) is 7.49. The Labute approximate surface area is 245 Å². The third-order valence-corrected chi connectivity index (χ3v) is 7.18. The van der Waals surface area contributed by atoms with Crippen LogP contribution >= 0.6 is 11.6 Å². The summed E-state index contributed by atoms with van der Waals surface area (Å²) < 4.78 is 0. The maximum absolute atomic E-state index is 13.1. The van der Waals surface area contributed by atoms with Crippen molar-refractivity contribution in [2.24, 2.45) is 5.92 Å². The summed E-state index contributed by atoms with van der Waals surface area (Å²) in [5, 5.41) is 10.1. The van der Waals surface area contributed by atoms with Crippen molar-refractivity contribution in [3.8, 4) is 0 Å². The van der Waals surface area contributed by atoms with Gasteiger partial charge in [0.15, 0.2) is 5.82 Å². The Bertz CT molecular complexity index is 1480. The smallest absolute Gasteiger partial charge is 0.229 e. The van der Waals surface area contributed by atoms with E-state index in [9.17, 15) is 4.79 Å². The summed E-state index contributed by atoms with van der Waals surface area (Å²) in [6, 6.07) is 12.0. The molecule has 9 nitrogen and oxygen atoms in total. The number of hydrogen-bond donors (Lipinski definition) is 3. The number of anilines is 6. The molecule has 4 aromatic rings. The number of fused-ring (bicyclic) bond motifs is 6. The van der Waals surface area contributed by atoms with Crippen molar-refractivity contribution < 1.29 is 4.79 Å². The van der Waals surface area contributed by atoms with Crippen molar-refractivity contribution in [2.45, 2.75) is 46.0 Å². The van der Waals surface area contributed by atoms with E-state index in [4.69, 9.17) is 11.6 Å². The lowest BCUT2D eigenvalue weighted by Gasteiger charge is -2.18. The molecule has 1 fully saturated rings. The van der Waals surface area contributed by atoms with E-state index in [0.717, 1.165) is 66.2 Å². The Morgan fingerprint density at radius 3 is 2.68 bits per heavy atom. The normalized spacial score (nSPS) is 15.6. The minimum atomic E-state index is 0.0304. The lowest BCUT2D eigenvalue weighted by atomic mass is 10.0. The number of nitrogens with zero attached hydrogens (tertiary/aromatic N) is 5. The van der Waals surface area contributed by atoms with E-state index in [1.165, 1.54) is 6.42 Å². The summed E-state index contributed by atoms with van der Waals surface area (Å²) in [6.45, 7) is 6.06. The molecule has 0 radical (unpaired) electrons. The van der Waals surface area contributed by atoms with Gasteiger partial charge in [-0.15, -0.1) is 0 Å². The summed E-state index contributed by atoms with van der Waals surface area (Å²) in [5.74, 6) is 1.26. The van der Waals surface area contributed by atoms with Gasteiger partial charge in [-0.05, 0) is 72.7 Å². The molecule has 1 atom stereocenters. The van der Waals surface area contributed by atoms with E-state index in [1.807, 2.05) is 42.6 Å². The lowest BCUT2D eigenvalue weighted by Crippen LogP contribution is -2.22. The molecule has 1 saturated heterocycles. The number of amides is 1. The van der Waals surface area contributed by atoms with E-state index >= 15 is 0 Å². The van der Waals surface area contributed by atoms with Crippen LogP contribution in [-0.2, 0) is 17.6 Å². The molecular formula is C31H35ClN8O. The zero-order valence-corrected chi connectivity index (χ0v) is 24.2. The van der Waals surface area contributed by atoms with Gasteiger partial charge < -0.3 is 20.9 Å². The van der Waals surface area contributed by atoms with Gasteiger partial charge in [0.05, 0.1) is 18.1 Å². The van der Waals surface area contributed by atoms with Crippen LogP contribution < -0.4 is 20.9 Å². The number of nitrogens with one attached hydrogen (secondary N) is 3. The molecule has 10 heteroatoms. The van der Waals surface area contributed by atoms with Gasteiger partial charge in [-0.25, -0.2) is 4.98 Å². The van der Waals surface area contributed by atoms with Crippen LogP contribution in [0.3, 0.4) is 0 Å². The summed E-state index contributed by atoms with van der Waals surface area (Å²) >= 11 is 6.37. The van der Waals surface area contributed by atoms with Gasteiger partial charge in [0.2, 0.25) is 11.9 Å². The van der Waals surface area contributed by atoms with Crippen LogP contribution in [-0.4, -0.2) is 38.9 Å². The third-order valence-electron chi connectivity index (χ3n) is 6.91. The minimum Gasteiger partial charge on any atom is -0.371 e. The van der Waals surface area contributed by atoms with E-state index < -0.39 is 0 Å². The number of halogens is 1. The van der Waals surface area contributed by atoms with E-state index in [1.54, 1.807) is 24.8 Å². The Morgan fingerprint density at radius 1 is 1.02 bits per heavy atom. The Kier molecular flexibility index (Phi) is 9.26. The second-order valence-corrected chi connectivity index (χ2v) is 10.8. The highest BCUT2D eigenvalue weighted by atomic mass is 35.5. The number of aromatic nitrogens is 4. The maximum atomic E-state index is 13.1. The molecule has 1 unspecified atom stereocenters. The SMILES string of the molecule is CCC.O=C(CC1CCN(c2ccncc2)C1)Nc1ccc2cc1CCc1cncc(c1)Nc1ncc(Cl)c(n1)N2. The highest BCUT2D eigenvalue weighted by Crippen LogP contribution is 2.30. The number of pyridine rings is 2. The Balaban J connectivity index is 0.00000108. The van der Waals surface area contributed by atoms with Gasteiger partial charge in [0.25, 0.3) is 0 Å². The van der Waals surface area contributed by atoms with Gasteiger partial charge in [0, 0.05) is 55.2 Å². The van der Waals surface area contributed by atoms with E-state index in [2.05, 4.69) is 54.6 Å². The fourth-order valence-corrected chi connectivity index (χ4v) is 5.14. The molecule has 3 N–H and O–H groups in total. The maximum Gasteiger partial charge on any atom is 0.229 e. The van der Waals surface area contributed by atoms with Crippen LogP contribution in [0.25, 0.3) is 0 Å². The summed E-state index contributed by atoms with van der Waals surface area (Å²) in [6.07, 6.45) is 13.0. The first kappa shape index (κ1) is 28.3. The molecular weight excluding hydrogens is 536 g/mol.